The molecule has 1 heterocycles. The lowest BCUT2D eigenvalue weighted by molar-refractivity contribution is -0.130. The molecule has 0 saturated carbocycles. The van der Waals surface area contributed by atoms with E-state index >= 15 is 0 Å². The fourth-order valence-corrected chi connectivity index (χ4v) is 2.22. The van der Waals surface area contributed by atoms with Gasteiger partial charge in [0, 0.05) is 18.5 Å². The summed E-state index contributed by atoms with van der Waals surface area (Å²) < 4.78 is 0. The summed E-state index contributed by atoms with van der Waals surface area (Å²) in [6.45, 7) is 4.62. The maximum atomic E-state index is 12.1. The first-order valence-electron chi connectivity index (χ1n) is 5.54. The van der Waals surface area contributed by atoms with Gasteiger partial charge in [-0.3, -0.25) is 4.79 Å². The Hall–Kier alpha value is -1.25. The second-order valence-electron chi connectivity index (χ2n) is 4.57. The third-order valence-corrected chi connectivity index (χ3v) is 3.54. The number of nitrogens with zero attached hydrogens (tertiary/aromatic N) is 2. The molecule has 1 aliphatic heterocycles. The zero-order chi connectivity index (χ0) is 13.2. The summed E-state index contributed by atoms with van der Waals surface area (Å²) in [6, 6.07) is 2.01. The molecule has 0 amide bonds. The lowest BCUT2D eigenvalue weighted by Crippen LogP contribution is -2.49. The normalized spacial score (nSPS) is 31.1. The highest BCUT2D eigenvalue weighted by molar-refractivity contribution is 7.80. The summed E-state index contributed by atoms with van der Waals surface area (Å²) in [6.07, 6.45) is 1.61. The molecule has 2 N–H and O–H groups in total. The van der Waals surface area contributed by atoms with Gasteiger partial charge < -0.3 is 10.6 Å². The molecule has 4 nitrogen and oxygen atoms in total. The maximum Gasteiger partial charge on any atom is 0.145 e. The third-order valence-electron chi connectivity index (χ3n) is 3.32. The van der Waals surface area contributed by atoms with E-state index in [4.69, 9.17) is 23.2 Å². The van der Waals surface area contributed by atoms with Crippen molar-refractivity contribution in [2.75, 3.05) is 13.6 Å². The van der Waals surface area contributed by atoms with E-state index in [1.807, 2.05) is 27.0 Å². The largest absolute Gasteiger partial charge is 0.389 e. The van der Waals surface area contributed by atoms with Gasteiger partial charge in [0.2, 0.25) is 0 Å². The number of Topliss-reactive ketones (excluding diaryl/α,β-unsaturated/α-hetero) is 1. The molecule has 0 unspecified atom stereocenters. The standard InChI is InChI=1S/C12H17N3OS/c1-7-6-15(3)8(2)10(11(7)16)4-9(5-13)12(14)17/h4,7-8,10H,6H2,1-3H3,(H2,14,17)/b9-4-/t7-,8-,10+/m0/s1. The van der Waals surface area contributed by atoms with Crippen LogP contribution in [0.3, 0.4) is 0 Å². The maximum absolute atomic E-state index is 12.1. The number of hydrogen-bond acceptors (Lipinski definition) is 4. The van der Waals surface area contributed by atoms with Crippen LogP contribution in [0.25, 0.3) is 0 Å². The van der Waals surface area contributed by atoms with E-state index in [9.17, 15) is 4.79 Å². The van der Waals surface area contributed by atoms with Gasteiger partial charge in [-0.15, -0.1) is 0 Å². The Morgan fingerprint density at radius 3 is 2.71 bits per heavy atom. The minimum absolute atomic E-state index is 0.0243. The minimum atomic E-state index is -0.306. The Kier molecular flexibility index (Phi) is 4.38. The molecule has 0 aliphatic carbocycles. The summed E-state index contributed by atoms with van der Waals surface area (Å²) in [5, 5.41) is 8.92. The SMILES string of the molecule is C[C@H]1CN(C)[C@@H](C)[C@@H](/C=C(/C#N)C(N)=S)C1=O. The van der Waals surface area contributed by atoms with E-state index in [2.05, 4.69) is 4.90 Å². The van der Waals surface area contributed by atoms with Crippen molar-refractivity contribution < 1.29 is 4.79 Å². The molecule has 0 aromatic heterocycles. The molecule has 0 aromatic carbocycles. The molecule has 17 heavy (non-hydrogen) atoms. The topological polar surface area (TPSA) is 70.1 Å². The second-order valence-corrected chi connectivity index (χ2v) is 5.01. The van der Waals surface area contributed by atoms with Crippen molar-refractivity contribution in [3.63, 3.8) is 0 Å². The Labute approximate surface area is 107 Å². The van der Waals surface area contributed by atoms with Gasteiger partial charge in [-0.2, -0.15) is 5.26 Å². The Bertz CT molecular complexity index is 410. The molecule has 1 fully saturated rings. The van der Waals surface area contributed by atoms with Crippen molar-refractivity contribution >= 4 is 23.0 Å². The first-order valence-corrected chi connectivity index (χ1v) is 5.95. The zero-order valence-corrected chi connectivity index (χ0v) is 11.1. The average Bonchev–Trinajstić information content (AvgIpc) is 2.26. The van der Waals surface area contributed by atoms with Crippen LogP contribution in [0.5, 0.6) is 0 Å². The third kappa shape index (κ3) is 2.90. The highest BCUT2D eigenvalue weighted by atomic mass is 32.1. The predicted molar refractivity (Wildman–Crippen MR) is 70.2 cm³/mol. The molecule has 1 rings (SSSR count). The van der Waals surface area contributed by atoms with Crippen LogP contribution >= 0.6 is 12.2 Å². The molecule has 1 saturated heterocycles. The van der Waals surface area contributed by atoms with Gasteiger partial charge in [0.15, 0.2) is 0 Å². The average molecular weight is 251 g/mol. The number of nitrogens with two attached hydrogens (primary N) is 1. The van der Waals surface area contributed by atoms with E-state index in [0.29, 0.717) is 0 Å². The number of carbonyl (C=O) groups is 1. The number of carbonyl (C=O) groups excluding carboxylic acids is 1. The smallest absolute Gasteiger partial charge is 0.145 e. The van der Waals surface area contributed by atoms with Gasteiger partial charge in [0.1, 0.15) is 16.8 Å². The number of ketones is 1. The van der Waals surface area contributed by atoms with Crippen molar-refractivity contribution in [2.24, 2.45) is 17.6 Å². The van der Waals surface area contributed by atoms with E-state index in [1.54, 1.807) is 6.08 Å². The van der Waals surface area contributed by atoms with Crippen LogP contribution < -0.4 is 5.73 Å². The van der Waals surface area contributed by atoms with Crippen molar-refractivity contribution in [3.8, 4) is 6.07 Å². The number of hydrogen-bond donors (Lipinski definition) is 1. The van der Waals surface area contributed by atoms with Crippen LogP contribution in [0.2, 0.25) is 0 Å². The summed E-state index contributed by atoms with van der Waals surface area (Å²) >= 11 is 4.78. The fraction of sp³-hybridized carbons (Fsp3) is 0.583. The van der Waals surface area contributed by atoms with Gasteiger partial charge in [0.25, 0.3) is 0 Å². The highest BCUT2D eigenvalue weighted by Crippen LogP contribution is 2.25. The Morgan fingerprint density at radius 1 is 1.65 bits per heavy atom. The molecular weight excluding hydrogens is 234 g/mol. The predicted octanol–water partition coefficient (Wildman–Crippen LogP) is 0.878. The minimum Gasteiger partial charge on any atom is -0.389 e. The van der Waals surface area contributed by atoms with Gasteiger partial charge in [-0.1, -0.05) is 25.2 Å². The summed E-state index contributed by atoms with van der Waals surface area (Å²) in [4.78, 5) is 14.3. The van der Waals surface area contributed by atoms with E-state index in [-0.39, 0.29) is 34.2 Å². The number of nitriles is 1. The first kappa shape index (κ1) is 13.8. The fourth-order valence-electron chi connectivity index (χ4n) is 2.10. The zero-order valence-electron chi connectivity index (χ0n) is 10.3. The van der Waals surface area contributed by atoms with Crippen LogP contribution in [0.15, 0.2) is 11.6 Å². The molecule has 92 valence electrons. The summed E-state index contributed by atoms with van der Waals surface area (Å²) in [5.74, 6) is -0.178. The van der Waals surface area contributed by atoms with Gasteiger partial charge in [-0.25, -0.2) is 0 Å². The van der Waals surface area contributed by atoms with E-state index < -0.39 is 0 Å². The monoisotopic (exact) mass is 251 g/mol. The molecule has 5 heteroatoms. The molecule has 3 atom stereocenters. The van der Waals surface area contributed by atoms with Crippen LogP contribution in [-0.4, -0.2) is 35.3 Å². The molecule has 0 spiro atoms. The number of piperidine rings is 1. The molecule has 0 radical (unpaired) electrons. The lowest BCUT2D eigenvalue weighted by Gasteiger charge is -2.37. The van der Waals surface area contributed by atoms with Crippen LogP contribution in [0.1, 0.15) is 13.8 Å². The lowest BCUT2D eigenvalue weighted by atomic mass is 9.82. The first-order chi connectivity index (χ1) is 7.88. The number of thiocarbonyl (C=S) groups is 1. The van der Waals surface area contributed by atoms with Crippen LogP contribution in [-0.2, 0) is 4.79 Å². The van der Waals surface area contributed by atoms with E-state index in [1.165, 1.54) is 0 Å². The van der Waals surface area contributed by atoms with Gasteiger partial charge >= 0.3 is 0 Å². The van der Waals surface area contributed by atoms with Crippen molar-refractivity contribution in [3.05, 3.63) is 11.6 Å². The second kappa shape index (κ2) is 5.39. The molecule has 1 aliphatic rings. The van der Waals surface area contributed by atoms with Crippen LogP contribution in [0.4, 0.5) is 0 Å². The Morgan fingerprint density at radius 2 is 2.24 bits per heavy atom. The Balaban J connectivity index is 3.05. The number of rotatable bonds is 2. The quantitative estimate of drug-likeness (QED) is 0.448. The van der Waals surface area contributed by atoms with Crippen molar-refractivity contribution in [1.29, 1.82) is 5.26 Å². The van der Waals surface area contributed by atoms with Crippen molar-refractivity contribution in [1.82, 2.24) is 4.90 Å². The summed E-state index contributed by atoms with van der Waals surface area (Å²) in [7, 11) is 1.97. The molecular formula is C12H17N3OS. The molecule has 0 aromatic rings. The van der Waals surface area contributed by atoms with Gasteiger partial charge in [0.05, 0.1) is 11.5 Å². The van der Waals surface area contributed by atoms with E-state index in [0.717, 1.165) is 6.54 Å². The van der Waals surface area contributed by atoms with Crippen molar-refractivity contribution in [2.45, 2.75) is 19.9 Å². The van der Waals surface area contributed by atoms with Gasteiger partial charge in [-0.05, 0) is 14.0 Å². The van der Waals surface area contributed by atoms with Crippen LogP contribution in [0, 0.1) is 23.2 Å². The highest BCUT2D eigenvalue weighted by Gasteiger charge is 2.35. The summed E-state index contributed by atoms with van der Waals surface area (Å²) in [5.41, 5.74) is 5.67. The number of likely N-dealkylation sites (tertiary alicyclic amines) is 1. The molecule has 0 bridgehead atoms.